The van der Waals surface area contributed by atoms with Crippen LogP contribution in [0.15, 0.2) is 0 Å². The van der Waals surface area contributed by atoms with Crippen molar-refractivity contribution < 1.29 is 14.2 Å². The summed E-state index contributed by atoms with van der Waals surface area (Å²) in [6.45, 7) is 4.38. The molecule has 0 aliphatic heterocycles. The van der Waals surface area contributed by atoms with Crippen molar-refractivity contribution in [2.24, 2.45) is 0 Å². The van der Waals surface area contributed by atoms with Gasteiger partial charge in [0.25, 0.3) is 0 Å². The molecule has 0 aromatic heterocycles. The molecule has 0 saturated carbocycles. The molecule has 0 bridgehead atoms. The summed E-state index contributed by atoms with van der Waals surface area (Å²) in [5.41, 5.74) is -0.0417. The van der Waals surface area contributed by atoms with Crippen LogP contribution in [-0.4, -0.2) is 36.4 Å². The molecule has 0 heterocycles. The maximum absolute atomic E-state index is 5.23. The summed E-state index contributed by atoms with van der Waals surface area (Å²) in [6, 6.07) is 0. The Labute approximate surface area is 77.2 Å². The van der Waals surface area contributed by atoms with Gasteiger partial charge in [-0.05, 0) is 5.54 Å². The smallest absolute Gasteiger partial charge is 0.248 e. The number of hydrogen-bond acceptors (Lipinski definition) is 3. The van der Waals surface area contributed by atoms with Gasteiger partial charge in [0, 0.05) is 21.3 Å². The highest BCUT2D eigenvalue weighted by Gasteiger charge is 2.31. The molecule has 0 rings (SSSR count). The Hall–Kier alpha value is 0.0969. The zero-order chi connectivity index (χ0) is 9.61. The third-order valence-electron chi connectivity index (χ3n) is 2.23. The lowest BCUT2D eigenvalue weighted by atomic mass is 10.4. The molecule has 1 atom stereocenters. The maximum atomic E-state index is 5.23. The van der Waals surface area contributed by atoms with E-state index in [-0.39, 0.29) is 0 Å². The summed E-state index contributed by atoms with van der Waals surface area (Å²) >= 11 is 0. The molecule has 0 aliphatic carbocycles. The van der Waals surface area contributed by atoms with Gasteiger partial charge in [0.1, 0.15) is 9.52 Å². The summed E-state index contributed by atoms with van der Waals surface area (Å²) in [7, 11) is 4.36. The Kier molecular flexibility index (Phi) is 5.74. The van der Waals surface area contributed by atoms with Crippen molar-refractivity contribution in [1.29, 1.82) is 0 Å². The molecule has 0 aromatic rings. The van der Waals surface area contributed by atoms with Crippen molar-refractivity contribution in [3.63, 3.8) is 0 Å². The highest BCUT2D eigenvalue weighted by molar-refractivity contribution is 6.40. The Morgan fingerprint density at radius 2 is 1.58 bits per heavy atom. The van der Waals surface area contributed by atoms with E-state index in [4.69, 9.17) is 14.2 Å². The Balaban J connectivity index is 4.09. The topological polar surface area (TPSA) is 27.7 Å². The van der Waals surface area contributed by atoms with Gasteiger partial charge in [0.05, 0.1) is 0 Å². The fourth-order valence-electron chi connectivity index (χ4n) is 1.07. The Bertz CT molecular complexity index is 107. The standard InChI is InChI=1S/C8H20O3Si/c1-6-7(2)12-8(9-3,10-4)11-5/h7H,6,12H2,1-5H3. The molecule has 3 nitrogen and oxygen atoms in total. The molecule has 0 radical (unpaired) electrons. The first-order valence-corrected chi connectivity index (χ1v) is 5.82. The fourth-order valence-corrected chi connectivity index (χ4v) is 2.71. The average molecular weight is 192 g/mol. The van der Waals surface area contributed by atoms with E-state index < -0.39 is 15.1 Å². The van der Waals surface area contributed by atoms with E-state index in [2.05, 4.69) is 13.8 Å². The number of ether oxygens (including phenoxy) is 3. The van der Waals surface area contributed by atoms with E-state index in [1.807, 2.05) is 0 Å². The van der Waals surface area contributed by atoms with Crippen molar-refractivity contribution in [2.75, 3.05) is 21.3 Å². The lowest BCUT2D eigenvalue weighted by Crippen LogP contribution is -2.43. The van der Waals surface area contributed by atoms with E-state index in [1.165, 1.54) is 0 Å². The van der Waals surface area contributed by atoms with Crippen molar-refractivity contribution in [1.82, 2.24) is 0 Å². The molecule has 0 aliphatic rings. The van der Waals surface area contributed by atoms with E-state index in [0.29, 0.717) is 5.54 Å². The molecule has 0 fully saturated rings. The van der Waals surface area contributed by atoms with Crippen LogP contribution >= 0.6 is 0 Å². The lowest BCUT2D eigenvalue weighted by Gasteiger charge is -2.30. The van der Waals surface area contributed by atoms with Crippen LogP contribution in [0.5, 0.6) is 0 Å². The monoisotopic (exact) mass is 192 g/mol. The van der Waals surface area contributed by atoms with Gasteiger partial charge in [-0.1, -0.05) is 20.3 Å². The molecule has 4 heteroatoms. The summed E-state index contributed by atoms with van der Waals surface area (Å²) < 4.78 is 15.7. The van der Waals surface area contributed by atoms with E-state index in [1.54, 1.807) is 21.3 Å². The number of rotatable bonds is 6. The van der Waals surface area contributed by atoms with Crippen LogP contribution in [0, 0.1) is 0 Å². The Morgan fingerprint density at radius 1 is 1.17 bits per heavy atom. The zero-order valence-corrected chi connectivity index (χ0v) is 10.1. The fraction of sp³-hybridized carbons (Fsp3) is 1.00. The van der Waals surface area contributed by atoms with Crippen molar-refractivity contribution in [2.45, 2.75) is 31.4 Å². The second kappa shape index (κ2) is 5.69. The van der Waals surface area contributed by atoms with Crippen LogP contribution in [0.1, 0.15) is 20.3 Å². The summed E-state index contributed by atoms with van der Waals surface area (Å²) in [6.07, 6.45) is 1.16. The van der Waals surface area contributed by atoms with Gasteiger partial charge in [0.15, 0.2) is 0 Å². The molecule has 74 valence electrons. The Morgan fingerprint density at radius 3 is 1.83 bits per heavy atom. The summed E-state index contributed by atoms with van der Waals surface area (Å²) in [5.74, 6) is 0. The molecule has 0 spiro atoms. The van der Waals surface area contributed by atoms with Crippen LogP contribution in [0.2, 0.25) is 5.54 Å². The maximum Gasteiger partial charge on any atom is 0.248 e. The average Bonchev–Trinajstić information content (AvgIpc) is 2.14. The molecule has 0 aromatic carbocycles. The van der Waals surface area contributed by atoms with Gasteiger partial charge in [-0.3, -0.25) is 0 Å². The highest BCUT2D eigenvalue weighted by Crippen LogP contribution is 2.19. The van der Waals surface area contributed by atoms with Crippen molar-refractivity contribution in [3.05, 3.63) is 0 Å². The molecule has 1 unspecified atom stereocenters. The SMILES string of the molecule is CCC(C)[SiH2]C(OC)(OC)OC. The minimum atomic E-state index is -0.713. The predicted octanol–water partition coefficient (Wildman–Crippen LogP) is 0.924. The minimum Gasteiger partial charge on any atom is -0.335 e. The number of methoxy groups -OCH3 is 3. The second-order valence-electron chi connectivity index (χ2n) is 3.01. The van der Waals surface area contributed by atoms with Crippen molar-refractivity contribution >= 4 is 9.52 Å². The van der Waals surface area contributed by atoms with Crippen molar-refractivity contribution in [3.8, 4) is 0 Å². The number of hydrogen-bond donors (Lipinski definition) is 0. The third kappa shape index (κ3) is 3.22. The summed E-state index contributed by atoms with van der Waals surface area (Å²) in [5, 5.41) is 0. The first-order valence-electron chi connectivity index (χ1n) is 4.29. The molecular formula is C8H20O3Si. The minimum absolute atomic E-state index is 0.524. The highest BCUT2D eigenvalue weighted by atomic mass is 28.2. The van der Waals surface area contributed by atoms with Gasteiger partial charge in [-0.2, -0.15) is 0 Å². The normalized spacial score (nSPS) is 15.8. The van der Waals surface area contributed by atoms with E-state index in [9.17, 15) is 0 Å². The predicted molar refractivity (Wildman–Crippen MR) is 52.0 cm³/mol. The van der Waals surface area contributed by atoms with E-state index >= 15 is 0 Å². The first kappa shape index (κ1) is 12.1. The first-order chi connectivity index (χ1) is 5.64. The van der Waals surface area contributed by atoms with Gasteiger partial charge in [0.2, 0.25) is 5.60 Å². The lowest BCUT2D eigenvalue weighted by molar-refractivity contribution is -0.295. The second-order valence-corrected chi connectivity index (χ2v) is 5.68. The molecule has 0 saturated heterocycles. The molecular weight excluding hydrogens is 172 g/mol. The van der Waals surface area contributed by atoms with Crippen LogP contribution in [0.4, 0.5) is 0 Å². The van der Waals surface area contributed by atoms with Crippen LogP contribution in [0.25, 0.3) is 0 Å². The molecule has 0 N–H and O–H groups in total. The van der Waals surface area contributed by atoms with Gasteiger partial charge in [-0.25, -0.2) is 0 Å². The van der Waals surface area contributed by atoms with Crippen LogP contribution in [-0.2, 0) is 14.2 Å². The van der Waals surface area contributed by atoms with Gasteiger partial charge >= 0.3 is 0 Å². The third-order valence-corrected chi connectivity index (χ3v) is 4.87. The molecule has 12 heavy (non-hydrogen) atoms. The van der Waals surface area contributed by atoms with Gasteiger partial charge in [-0.15, -0.1) is 0 Å². The van der Waals surface area contributed by atoms with Gasteiger partial charge < -0.3 is 14.2 Å². The molecule has 0 amide bonds. The quantitative estimate of drug-likeness (QED) is 0.463. The summed E-state index contributed by atoms with van der Waals surface area (Å²) in [4.78, 5) is 0. The van der Waals surface area contributed by atoms with E-state index in [0.717, 1.165) is 6.42 Å². The van der Waals surface area contributed by atoms with Crippen LogP contribution < -0.4 is 0 Å². The zero-order valence-electron chi connectivity index (χ0n) is 8.72. The largest absolute Gasteiger partial charge is 0.335 e. The van der Waals surface area contributed by atoms with Crippen LogP contribution in [0.3, 0.4) is 0 Å².